The molecule has 0 aromatic carbocycles. The molecule has 5 heteroatoms. The summed E-state index contributed by atoms with van der Waals surface area (Å²) >= 11 is 0. The molecular formula is C5H7N5. The van der Waals surface area contributed by atoms with Crippen LogP contribution in [0.25, 0.3) is 0 Å². The van der Waals surface area contributed by atoms with Crippen molar-refractivity contribution in [2.24, 2.45) is 4.99 Å². The van der Waals surface area contributed by atoms with E-state index >= 15 is 0 Å². The number of hydrogen-bond acceptors (Lipinski definition) is 4. The molecule has 5 nitrogen and oxygen atoms in total. The average Bonchev–Trinajstić information content (AvgIpc) is 2.34. The van der Waals surface area contributed by atoms with E-state index in [0.29, 0.717) is 6.54 Å². The van der Waals surface area contributed by atoms with E-state index in [1.165, 1.54) is 4.68 Å². The number of aromatic nitrogens is 2. The van der Waals surface area contributed by atoms with Crippen LogP contribution in [0, 0.1) is 0 Å². The maximum Gasteiger partial charge on any atom is 0.155 e. The molecule has 0 unspecified atom stereocenters. The minimum absolute atomic E-state index is 0.618. The van der Waals surface area contributed by atoms with Crippen molar-refractivity contribution in [2.75, 3.05) is 11.2 Å². The molecule has 1 aromatic rings. The zero-order chi connectivity index (χ0) is 6.97. The summed E-state index contributed by atoms with van der Waals surface area (Å²) in [6.45, 7) is 0.618. The Morgan fingerprint density at radius 2 is 2.60 bits per heavy atom. The Morgan fingerprint density at radius 1 is 1.70 bits per heavy atom. The van der Waals surface area contributed by atoms with Crippen LogP contribution in [0.1, 0.15) is 5.69 Å². The van der Waals surface area contributed by atoms with Crippen LogP contribution in [0.4, 0.5) is 5.82 Å². The van der Waals surface area contributed by atoms with Gasteiger partial charge in [0.25, 0.3) is 0 Å². The summed E-state index contributed by atoms with van der Waals surface area (Å²) in [5.41, 5.74) is 0.894. The summed E-state index contributed by atoms with van der Waals surface area (Å²) in [7, 11) is 0. The highest BCUT2D eigenvalue weighted by atomic mass is 15.4. The third-order valence-corrected chi connectivity index (χ3v) is 1.40. The summed E-state index contributed by atoms with van der Waals surface area (Å²) in [5.74, 6) is 6.32. The zero-order valence-corrected chi connectivity index (χ0v) is 5.28. The van der Waals surface area contributed by atoms with Gasteiger partial charge in [-0.1, -0.05) is 0 Å². The van der Waals surface area contributed by atoms with Gasteiger partial charge in [0, 0.05) is 0 Å². The van der Waals surface area contributed by atoms with Crippen LogP contribution in [0.5, 0.6) is 0 Å². The third-order valence-electron chi connectivity index (χ3n) is 1.40. The topological polar surface area (TPSA) is 68.2 Å². The lowest BCUT2D eigenvalue weighted by Gasteiger charge is -2.06. The summed E-state index contributed by atoms with van der Waals surface area (Å²) < 4.78 is 1.44. The van der Waals surface area contributed by atoms with Crippen molar-refractivity contribution in [2.45, 2.75) is 6.54 Å². The maximum atomic E-state index is 5.49. The first-order chi connectivity index (χ1) is 4.88. The molecule has 52 valence electrons. The van der Waals surface area contributed by atoms with Crippen molar-refractivity contribution < 1.29 is 0 Å². The van der Waals surface area contributed by atoms with Gasteiger partial charge in [0.1, 0.15) is 12.0 Å². The van der Waals surface area contributed by atoms with Gasteiger partial charge in [-0.05, 0) is 0 Å². The van der Waals surface area contributed by atoms with Gasteiger partial charge in [0.05, 0.1) is 12.9 Å². The van der Waals surface area contributed by atoms with E-state index < -0.39 is 0 Å². The van der Waals surface area contributed by atoms with Gasteiger partial charge in [-0.15, -0.1) is 0 Å². The molecule has 0 aliphatic carbocycles. The number of nitrogens with two attached hydrogens (primary N) is 1. The summed E-state index contributed by atoms with van der Waals surface area (Å²) in [6.07, 6.45) is 3.18. The molecule has 10 heavy (non-hydrogen) atoms. The largest absolute Gasteiger partial charge is 0.336 e. The maximum absolute atomic E-state index is 5.49. The normalized spacial score (nSPS) is 14.4. The Bertz CT molecular complexity index is 274. The third kappa shape index (κ3) is 0.570. The molecule has 1 aliphatic heterocycles. The number of imidazole rings is 1. The van der Waals surface area contributed by atoms with Gasteiger partial charge in [-0.3, -0.25) is 4.99 Å². The van der Waals surface area contributed by atoms with Crippen LogP contribution < -0.4 is 11.2 Å². The van der Waals surface area contributed by atoms with Crippen LogP contribution in [-0.2, 0) is 6.54 Å². The average molecular weight is 137 g/mol. The SMILES string of the molecule is Nn1cnc2c1NC=NC2. The highest BCUT2D eigenvalue weighted by Gasteiger charge is 2.09. The Hall–Kier alpha value is -1.52. The van der Waals surface area contributed by atoms with Gasteiger partial charge in [0.15, 0.2) is 5.82 Å². The van der Waals surface area contributed by atoms with Crippen molar-refractivity contribution in [3.8, 4) is 0 Å². The van der Waals surface area contributed by atoms with Gasteiger partial charge in [0.2, 0.25) is 0 Å². The predicted molar refractivity (Wildman–Crippen MR) is 38.2 cm³/mol. The van der Waals surface area contributed by atoms with Crippen molar-refractivity contribution >= 4 is 12.2 Å². The molecular weight excluding hydrogens is 130 g/mol. The molecule has 0 amide bonds. The molecule has 0 saturated carbocycles. The number of hydrogen-bond donors (Lipinski definition) is 2. The van der Waals surface area contributed by atoms with Crippen LogP contribution in [0.15, 0.2) is 11.3 Å². The number of nitrogens with one attached hydrogen (secondary N) is 1. The first kappa shape index (κ1) is 5.28. The van der Waals surface area contributed by atoms with E-state index in [1.807, 2.05) is 0 Å². The first-order valence-electron chi connectivity index (χ1n) is 2.94. The molecule has 1 aromatic heterocycles. The fraction of sp³-hybridized carbons (Fsp3) is 0.200. The molecule has 0 saturated heterocycles. The Labute approximate surface area is 57.5 Å². The number of nitrogen functional groups attached to an aromatic ring is 1. The van der Waals surface area contributed by atoms with Crippen LogP contribution in [-0.4, -0.2) is 16.0 Å². The van der Waals surface area contributed by atoms with Gasteiger partial charge < -0.3 is 11.2 Å². The lowest BCUT2D eigenvalue weighted by Crippen LogP contribution is -2.14. The van der Waals surface area contributed by atoms with Crippen molar-refractivity contribution in [1.82, 2.24) is 9.66 Å². The predicted octanol–water partition coefficient (Wildman–Crippen LogP) is -0.449. The standard InChI is InChI=1S/C5H7N5/c6-10-3-9-4-1-7-2-8-5(4)10/h2-3H,1,6H2,(H,7,8). The van der Waals surface area contributed by atoms with Crippen LogP contribution in [0.3, 0.4) is 0 Å². The second-order valence-corrected chi connectivity index (χ2v) is 2.06. The molecule has 2 rings (SSSR count). The number of anilines is 1. The lowest BCUT2D eigenvalue weighted by atomic mass is 10.4. The number of rotatable bonds is 0. The lowest BCUT2D eigenvalue weighted by molar-refractivity contribution is 0.990. The van der Waals surface area contributed by atoms with E-state index in [4.69, 9.17) is 5.84 Å². The highest BCUT2D eigenvalue weighted by molar-refractivity contribution is 5.77. The zero-order valence-electron chi connectivity index (χ0n) is 5.28. The highest BCUT2D eigenvalue weighted by Crippen LogP contribution is 2.13. The van der Waals surface area contributed by atoms with Crippen molar-refractivity contribution in [3.63, 3.8) is 0 Å². The molecule has 0 atom stereocenters. The molecule has 1 aliphatic rings. The van der Waals surface area contributed by atoms with E-state index in [2.05, 4.69) is 15.3 Å². The molecule has 3 N–H and O–H groups in total. The minimum Gasteiger partial charge on any atom is -0.336 e. The fourth-order valence-electron chi connectivity index (χ4n) is 0.912. The Kier molecular flexibility index (Phi) is 0.913. The Balaban J connectivity index is 2.50. The number of aliphatic imine (C=N–C) groups is 1. The summed E-state index contributed by atoms with van der Waals surface area (Å²) in [5, 5.41) is 2.89. The molecule has 0 fully saturated rings. The van der Waals surface area contributed by atoms with Gasteiger partial charge in [-0.25, -0.2) is 9.66 Å². The minimum atomic E-state index is 0.618. The van der Waals surface area contributed by atoms with Crippen molar-refractivity contribution in [3.05, 3.63) is 12.0 Å². The number of fused-ring (bicyclic) bond motifs is 1. The van der Waals surface area contributed by atoms with Crippen molar-refractivity contribution in [1.29, 1.82) is 0 Å². The second-order valence-electron chi connectivity index (χ2n) is 2.06. The van der Waals surface area contributed by atoms with Crippen LogP contribution >= 0.6 is 0 Å². The van der Waals surface area contributed by atoms with E-state index in [0.717, 1.165) is 11.5 Å². The van der Waals surface area contributed by atoms with E-state index in [1.54, 1.807) is 12.7 Å². The summed E-state index contributed by atoms with van der Waals surface area (Å²) in [6, 6.07) is 0. The molecule has 2 heterocycles. The monoisotopic (exact) mass is 137 g/mol. The smallest absolute Gasteiger partial charge is 0.155 e. The van der Waals surface area contributed by atoms with E-state index in [-0.39, 0.29) is 0 Å². The first-order valence-corrected chi connectivity index (χ1v) is 2.94. The summed E-state index contributed by atoms with van der Waals surface area (Å²) in [4.78, 5) is 7.98. The van der Waals surface area contributed by atoms with Gasteiger partial charge in [-0.2, -0.15) is 0 Å². The number of nitrogens with zero attached hydrogens (tertiary/aromatic N) is 3. The molecule has 0 radical (unpaired) electrons. The second kappa shape index (κ2) is 1.73. The van der Waals surface area contributed by atoms with Gasteiger partial charge >= 0.3 is 0 Å². The van der Waals surface area contributed by atoms with Crippen LogP contribution in [0.2, 0.25) is 0 Å². The fourth-order valence-corrected chi connectivity index (χ4v) is 0.912. The quantitative estimate of drug-likeness (QED) is 0.476. The molecule has 0 bridgehead atoms. The molecule has 0 spiro atoms. The Morgan fingerprint density at radius 3 is 3.40 bits per heavy atom. The van der Waals surface area contributed by atoms with E-state index in [9.17, 15) is 0 Å².